The van der Waals surface area contributed by atoms with E-state index in [2.05, 4.69) is 5.32 Å². The molecule has 2 aromatic rings. The Morgan fingerprint density at radius 3 is 2.63 bits per heavy atom. The molecule has 2 heterocycles. The lowest BCUT2D eigenvalue weighted by molar-refractivity contribution is -0.118. The molecule has 30 heavy (non-hydrogen) atoms. The van der Waals surface area contributed by atoms with Crippen LogP contribution in [0.2, 0.25) is 10.0 Å². The maximum absolute atomic E-state index is 12.4. The Bertz CT molecular complexity index is 994. The van der Waals surface area contributed by atoms with Gasteiger partial charge in [0, 0.05) is 16.4 Å². The maximum atomic E-state index is 12.4. The summed E-state index contributed by atoms with van der Waals surface area (Å²) in [6, 6.07) is 4.66. The molecule has 0 atom stereocenters. The SMILES string of the molecule is COC(=O)c1c(NC(=O)COc2ccc(Cl)cc2Cl)sc2c1CCN(C(=O)OC)C2. The number of anilines is 1. The van der Waals surface area contributed by atoms with Gasteiger partial charge in [0.1, 0.15) is 10.8 Å². The summed E-state index contributed by atoms with van der Waals surface area (Å²) in [4.78, 5) is 38.9. The number of benzene rings is 1. The zero-order valence-electron chi connectivity index (χ0n) is 16.1. The molecule has 1 aromatic heterocycles. The number of methoxy groups -OCH3 is 2. The number of rotatable bonds is 5. The molecule has 0 saturated carbocycles. The normalized spacial score (nSPS) is 12.7. The van der Waals surface area contributed by atoms with Crippen LogP contribution in [-0.4, -0.2) is 50.2 Å². The van der Waals surface area contributed by atoms with Crippen LogP contribution in [0, 0.1) is 0 Å². The van der Waals surface area contributed by atoms with Gasteiger partial charge in [-0.15, -0.1) is 11.3 Å². The number of ether oxygens (including phenoxy) is 3. The van der Waals surface area contributed by atoms with E-state index in [4.69, 9.17) is 37.4 Å². The number of hydrogen-bond donors (Lipinski definition) is 1. The van der Waals surface area contributed by atoms with Crippen molar-refractivity contribution in [1.29, 1.82) is 0 Å². The van der Waals surface area contributed by atoms with Gasteiger partial charge in [-0.2, -0.15) is 0 Å². The van der Waals surface area contributed by atoms with E-state index in [1.54, 1.807) is 12.1 Å². The molecule has 0 saturated heterocycles. The van der Waals surface area contributed by atoms with Gasteiger partial charge in [-0.1, -0.05) is 23.2 Å². The molecule has 0 bridgehead atoms. The summed E-state index contributed by atoms with van der Waals surface area (Å²) in [6.07, 6.45) is -0.00881. The van der Waals surface area contributed by atoms with E-state index in [1.165, 1.54) is 36.5 Å². The van der Waals surface area contributed by atoms with E-state index < -0.39 is 18.0 Å². The van der Waals surface area contributed by atoms with E-state index >= 15 is 0 Å². The molecule has 8 nitrogen and oxygen atoms in total. The first-order valence-electron chi connectivity index (χ1n) is 8.77. The summed E-state index contributed by atoms with van der Waals surface area (Å²) in [5, 5.41) is 3.76. The van der Waals surface area contributed by atoms with Gasteiger partial charge < -0.3 is 24.4 Å². The van der Waals surface area contributed by atoms with E-state index in [0.717, 1.165) is 10.4 Å². The van der Waals surface area contributed by atoms with Crippen LogP contribution >= 0.6 is 34.5 Å². The number of esters is 1. The second kappa shape index (κ2) is 9.55. The minimum Gasteiger partial charge on any atom is -0.482 e. The molecule has 1 aromatic carbocycles. The van der Waals surface area contributed by atoms with Crippen molar-refractivity contribution < 1.29 is 28.6 Å². The molecule has 3 rings (SSSR count). The fourth-order valence-electron chi connectivity index (χ4n) is 2.99. The third-order valence-corrected chi connectivity index (χ3v) is 6.05. The van der Waals surface area contributed by atoms with Crippen LogP contribution in [0.5, 0.6) is 5.75 Å². The van der Waals surface area contributed by atoms with E-state index in [0.29, 0.717) is 34.3 Å². The average Bonchev–Trinajstić information content (AvgIpc) is 3.08. The van der Waals surface area contributed by atoms with Crippen LogP contribution in [0.1, 0.15) is 20.8 Å². The number of nitrogens with one attached hydrogen (secondary N) is 1. The van der Waals surface area contributed by atoms with Gasteiger partial charge in [0.15, 0.2) is 6.61 Å². The highest BCUT2D eigenvalue weighted by Gasteiger charge is 2.31. The van der Waals surface area contributed by atoms with Gasteiger partial charge in [0.2, 0.25) is 0 Å². The van der Waals surface area contributed by atoms with Crippen LogP contribution in [0.15, 0.2) is 18.2 Å². The van der Waals surface area contributed by atoms with E-state index in [1.807, 2.05) is 0 Å². The molecule has 2 amide bonds. The predicted molar refractivity (Wildman–Crippen MR) is 113 cm³/mol. The fourth-order valence-corrected chi connectivity index (χ4v) is 4.72. The highest BCUT2D eigenvalue weighted by Crippen LogP contribution is 2.38. The Morgan fingerprint density at radius 2 is 1.97 bits per heavy atom. The molecule has 0 unspecified atom stereocenters. The molecule has 0 aliphatic carbocycles. The van der Waals surface area contributed by atoms with Crippen LogP contribution < -0.4 is 10.1 Å². The Hall–Kier alpha value is -2.49. The molecule has 0 spiro atoms. The molecule has 1 N–H and O–H groups in total. The average molecular weight is 473 g/mol. The van der Waals surface area contributed by atoms with Crippen molar-refractivity contribution in [1.82, 2.24) is 4.90 Å². The first kappa shape index (κ1) is 22.2. The van der Waals surface area contributed by atoms with Crippen molar-refractivity contribution in [3.8, 4) is 5.75 Å². The topological polar surface area (TPSA) is 94.2 Å². The van der Waals surface area contributed by atoms with Crippen molar-refractivity contribution in [2.75, 3.05) is 32.7 Å². The van der Waals surface area contributed by atoms with Gasteiger partial charge in [-0.3, -0.25) is 4.79 Å². The number of halogens is 2. The van der Waals surface area contributed by atoms with Gasteiger partial charge in [0.05, 0.1) is 31.4 Å². The van der Waals surface area contributed by atoms with Crippen LogP contribution in [0.4, 0.5) is 9.80 Å². The summed E-state index contributed by atoms with van der Waals surface area (Å²) >= 11 is 13.1. The zero-order valence-corrected chi connectivity index (χ0v) is 18.4. The molecule has 1 aliphatic heterocycles. The monoisotopic (exact) mass is 472 g/mol. The van der Waals surface area contributed by atoms with E-state index in [-0.39, 0.29) is 18.2 Å². The Morgan fingerprint density at radius 1 is 1.20 bits per heavy atom. The second-order valence-electron chi connectivity index (χ2n) is 6.25. The molecular formula is C19H18Cl2N2O6S. The number of amides is 2. The molecule has 0 fully saturated rings. The summed E-state index contributed by atoms with van der Waals surface area (Å²) < 4.78 is 15.1. The van der Waals surface area contributed by atoms with Crippen molar-refractivity contribution in [3.05, 3.63) is 44.2 Å². The second-order valence-corrected chi connectivity index (χ2v) is 8.20. The van der Waals surface area contributed by atoms with Gasteiger partial charge >= 0.3 is 12.1 Å². The van der Waals surface area contributed by atoms with Crippen LogP contribution in [0.25, 0.3) is 0 Å². The van der Waals surface area contributed by atoms with Crippen LogP contribution in [-0.2, 0) is 27.2 Å². The highest BCUT2D eigenvalue weighted by atomic mass is 35.5. The summed E-state index contributed by atoms with van der Waals surface area (Å²) in [5.74, 6) is -0.728. The standard InChI is InChI=1S/C19H18Cl2N2O6S/c1-27-18(25)16-11-5-6-23(19(26)28-2)8-14(11)30-17(16)22-15(24)9-29-13-4-3-10(20)7-12(13)21/h3-4,7H,5-6,8-9H2,1-2H3,(H,22,24). The molecule has 0 radical (unpaired) electrons. The first-order chi connectivity index (χ1) is 14.3. The van der Waals surface area contributed by atoms with Crippen molar-refractivity contribution in [2.24, 2.45) is 0 Å². The Labute approximate surface area is 186 Å². The third-order valence-electron chi connectivity index (χ3n) is 4.38. The lowest BCUT2D eigenvalue weighted by atomic mass is 10.0. The third kappa shape index (κ3) is 4.80. The number of nitrogens with zero attached hydrogens (tertiary/aromatic N) is 1. The van der Waals surface area contributed by atoms with Crippen molar-refractivity contribution in [2.45, 2.75) is 13.0 Å². The summed E-state index contributed by atoms with van der Waals surface area (Å²) in [6.45, 7) is 0.355. The number of thiophene rings is 1. The fraction of sp³-hybridized carbons (Fsp3) is 0.316. The number of hydrogen-bond acceptors (Lipinski definition) is 7. The summed E-state index contributed by atoms with van der Waals surface area (Å²) in [7, 11) is 2.58. The number of carbonyl (C=O) groups is 3. The van der Waals surface area contributed by atoms with Crippen molar-refractivity contribution >= 4 is 57.5 Å². The summed E-state index contributed by atoms with van der Waals surface area (Å²) in [5.41, 5.74) is 1.05. The van der Waals surface area contributed by atoms with Crippen molar-refractivity contribution in [3.63, 3.8) is 0 Å². The largest absolute Gasteiger partial charge is 0.482 e. The number of carbonyl (C=O) groups excluding carboxylic acids is 3. The molecule has 11 heteroatoms. The smallest absolute Gasteiger partial charge is 0.409 e. The Kier molecular flexibility index (Phi) is 7.06. The predicted octanol–water partition coefficient (Wildman–Crippen LogP) is 3.98. The lowest BCUT2D eigenvalue weighted by Crippen LogP contribution is -2.35. The van der Waals surface area contributed by atoms with Gasteiger partial charge in [0.25, 0.3) is 5.91 Å². The maximum Gasteiger partial charge on any atom is 0.409 e. The molecule has 1 aliphatic rings. The van der Waals surface area contributed by atoms with E-state index in [9.17, 15) is 14.4 Å². The lowest BCUT2D eigenvalue weighted by Gasteiger charge is -2.25. The minimum atomic E-state index is -0.559. The number of fused-ring (bicyclic) bond motifs is 1. The first-order valence-corrected chi connectivity index (χ1v) is 10.3. The molecule has 160 valence electrons. The zero-order chi connectivity index (χ0) is 21.8. The van der Waals surface area contributed by atoms with Crippen LogP contribution in [0.3, 0.4) is 0 Å². The Balaban J connectivity index is 1.76. The minimum absolute atomic E-state index is 0.278. The highest BCUT2D eigenvalue weighted by molar-refractivity contribution is 7.17. The van der Waals surface area contributed by atoms with Gasteiger partial charge in [-0.25, -0.2) is 9.59 Å². The molecular weight excluding hydrogens is 455 g/mol. The van der Waals surface area contributed by atoms with Gasteiger partial charge in [-0.05, 0) is 30.2 Å². The quantitative estimate of drug-likeness (QED) is 0.661.